The standard InChI is InChI=1S/C13H12N2O5S/c14-12-10(16)2-1-3-11(12)21(19,20)15-9-6-4-8(5-7-9)13(17)18/h1-7,15-16H,14H2,(H,17,18). The number of nitrogen functional groups attached to an aromatic ring is 1. The fourth-order valence-corrected chi connectivity index (χ4v) is 2.87. The number of nitrogens with two attached hydrogens (primary N) is 1. The van der Waals surface area contributed by atoms with Gasteiger partial charge in [-0.2, -0.15) is 0 Å². The maximum Gasteiger partial charge on any atom is 0.335 e. The van der Waals surface area contributed by atoms with Crippen LogP contribution < -0.4 is 10.5 Å². The summed E-state index contributed by atoms with van der Waals surface area (Å²) >= 11 is 0. The Balaban J connectivity index is 2.33. The molecule has 2 aromatic carbocycles. The van der Waals surface area contributed by atoms with Crippen LogP contribution in [0.15, 0.2) is 47.4 Å². The molecular weight excluding hydrogens is 296 g/mol. The number of para-hydroxylation sites is 1. The molecule has 0 spiro atoms. The van der Waals surface area contributed by atoms with Gasteiger partial charge in [0, 0.05) is 5.69 Å². The average molecular weight is 308 g/mol. The van der Waals surface area contributed by atoms with E-state index in [2.05, 4.69) is 4.72 Å². The van der Waals surface area contributed by atoms with E-state index in [9.17, 15) is 18.3 Å². The van der Waals surface area contributed by atoms with Crippen LogP contribution in [0, 0.1) is 0 Å². The molecule has 0 aliphatic carbocycles. The number of rotatable bonds is 4. The highest BCUT2D eigenvalue weighted by molar-refractivity contribution is 7.92. The number of phenolic OH excluding ortho intramolecular Hbond substituents is 1. The van der Waals surface area contributed by atoms with E-state index in [4.69, 9.17) is 10.8 Å². The fourth-order valence-electron chi connectivity index (χ4n) is 1.66. The molecule has 0 heterocycles. The Bertz CT molecular complexity index is 785. The van der Waals surface area contributed by atoms with Crippen molar-refractivity contribution in [2.24, 2.45) is 0 Å². The van der Waals surface area contributed by atoms with Gasteiger partial charge in [0.25, 0.3) is 10.0 Å². The van der Waals surface area contributed by atoms with Crippen molar-refractivity contribution in [3.63, 3.8) is 0 Å². The van der Waals surface area contributed by atoms with E-state index in [-0.39, 0.29) is 27.6 Å². The van der Waals surface area contributed by atoms with Gasteiger partial charge in [0.1, 0.15) is 10.6 Å². The first-order chi connectivity index (χ1) is 9.81. The van der Waals surface area contributed by atoms with Gasteiger partial charge in [-0.15, -0.1) is 0 Å². The average Bonchev–Trinajstić information content (AvgIpc) is 2.41. The summed E-state index contributed by atoms with van der Waals surface area (Å²) in [6, 6.07) is 9.06. The summed E-state index contributed by atoms with van der Waals surface area (Å²) < 4.78 is 26.6. The van der Waals surface area contributed by atoms with Crippen LogP contribution in [0.1, 0.15) is 10.4 Å². The number of anilines is 2. The molecule has 21 heavy (non-hydrogen) atoms. The lowest BCUT2D eigenvalue weighted by Crippen LogP contribution is -2.15. The molecule has 0 aliphatic rings. The number of nitrogens with one attached hydrogen (secondary N) is 1. The van der Waals surface area contributed by atoms with Crippen LogP contribution in [-0.4, -0.2) is 24.6 Å². The molecule has 0 aliphatic heterocycles. The van der Waals surface area contributed by atoms with E-state index in [1.807, 2.05) is 0 Å². The van der Waals surface area contributed by atoms with Crippen LogP contribution in [0.2, 0.25) is 0 Å². The molecule has 0 atom stereocenters. The van der Waals surface area contributed by atoms with Crippen LogP contribution >= 0.6 is 0 Å². The Kier molecular flexibility index (Phi) is 3.72. The van der Waals surface area contributed by atoms with Crippen molar-refractivity contribution < 1.29 is 23.4 Å². The van der Waals surface area contributed by atoms with E-state index in [1.54, 1.807) is 0 Å². The SMILES string of the molecule is Nc1c(O)cccc1S(=O)(=O)Nc1ccc(C(=O)O)cc1. The van der Waals surface area contributed by atoms with E-state index >= 15 is 0 Å². The largest absolute Gasteiger partial charge is 0.506 e. The summed E-state index contributed by atoms with van der Waals surface area (Å²) in [7, 11) is -3.98. The van der Waals surface area contributed by atoms with Crippen molar-refractivity contribution in [3.05, 3.63) is 48.0 Å². The molecule has 0 unspecified atom stereocenters. The third kappa shape index (κ3) is 3.06. The number of carbonyl (C=O) groups is 1. The van der Waals surface area contributed by atoms with Crippen molar-refractivity contribution in [1.29, 1.82) is 0 Å². The van der Waals surface area contributed by atoms with Crippen molar-refractivity contribution >= 4 is 27.4 Å². The highest BCUT2D eigenvalue weighted by atomic mass is 32.2. The number of carboxylic acids is 1. The minimum Gasteiger partial charge on any atom is -0.506 e. The van der Waals surface area contributed by atoms with Gasteiger partial charge in [-0.25, -0.2) is 13.2 Å². The molecule has 5 N–H and O–H groups in total. The first-order valence-electron chi connectivity index (χ1n) is 5.75. The Hall–Kier alpha value is -2.74. The van der Waals surface area contributed by atoms with E-state index in [0.717, 1.165) is 0 Å². The second-order valence-corrected chi connectivity index (χ2v) is 5.83. The molecule has 8 heteroatoms. The molecule has 0 amide bonds. The van der Waals surface area contributed by atoms with Crippen LogP contribution in [0.25, 0.3) is 0 Å². The maximum atomic E-state index is 12.2. The number of sulfonamides is 1. The monoisotopic (exact) mass is 308 g/mol. The summed E-state index contributed by atoms with van der Waals surface area (Å²) in [5.41, 5.74) is 5.50. The van der Waals surface area contributed by atoms with Crippen LogP contribution in [0.5, 0.6) is 5.75 Å². The number of benzene rings is 2. The lowest BCUT2D eigenvalue weighted by molar-refractivity contribution is 0.0697. The fraction of sp³-hybridized carbons (Fsp3) is 0. The highest BCUT2D eigenvalue weighted by Gasteiger charge is 2.19. The number of phenols is 1. The summed E-state index contributed by atoms with van der Waals surface area (Å²) in [4.78, 5) is 10.5. The van der Waals surface area contributed by atoms with E-state index in [0.29, 0.717) is 0 Å². The van der Waals surface area contributed by atoms with Gasteiger partial charge in [-0.05, 0) is 36.4 Å². The lowest BCUT2D eigenvalue weighted by Gasteiger charge is -2.11. The zero-order valence-corrected chi connectivity index (χ0v) is 11.5. The van der Waals surface area contributed by atoms with Gasteiger partial charge in [-0.1, -0.05) is 6.07 Å². The lowest BCUT2D eigenvalue weighted by atomic mass is 10.2. The summed E-state index contributed by atoms with van der Waals surface area (Å²) in [6.07, 6.45) is 0. The molecule has 110 valence electrons. The number of aromatic hydroxyl groups is 1. The molecule has 0 fully saturated rings. The first kappa shape index (κ1) is 14.7. The Morgan fingerprint density at radius 2 is 1.71 bits per heavy atom. The number of carboxylic acid groups (broad SMARTS) is 1. The van der Waals surface area contributed by atoms with Crippen LogP contribution in [0.3, 0.4) is 0 Å². The summed E-state index contributed by atoms with van der Waals surface area (Å²) in [6.45, 7) is 0. The number of hydrogen-bond donors (Lipinski definition) is 4. The van der Waals surface area contributed by atoms with Gasteiger partial charge in [0.15, 0.2) is 0 Å². The minimum absolute atomic E-state index is 0.0369. The normalized spacial score (nSPS) is 11.0. The Morgan fingerprint density at radius 3 is 2.29 bits per heavy atom. The van der Waals surface area contributed by atoms with Gasteiger partial charge in [0.05, 0.1) is 11.3 Å². The van der Waals surface area contributed by atoms with Crippen molar-refractivity contribution in [2.75, 3.05) is 10.5 Å². The van der Waals surface area contributed by atoms with Crippen molar-refractivity contribution in [2.45, 2.75) is 4.90 Å². The van der Waals surface area contributed by atoms with Gasteiger partial charge in [-0.3, -0.25) is 4.72 Å². The molecule has 0 radical (unpaired) electrons. The molecule has 0 saturated heterocycles. The smallest absolute Gasteiger partial charge is 0.335 e. The Labute approximate surface area is 120 Å². The maximum absolute atomic E-state index is 12.2. The molecule has 7 nitrogen and oxygen atoms in total. The predicted octanol–water partition coefficient (Wildman–Crippen LogP) is 1.47. The second kappa shape index (κ2) is 5.33. The topological polar surface area (TPSA) is 130 Å². The van der Waals surface area contributed by atoms with Gasteiger partial charge < -0.3 is 15.9 Å². The van der Waals surface area contributed by atoms with Crippen molar-refractivity contribution in [3.8, 4) is 5.75 Å². The summed E-state index contributed by atoms with van der Waals surface area (Å²) in [5.74, 6) is -1.44. The molecule has 0 bridgehead atoms. The second-order valence-electron chi connectivity index (χ2n) is 4.18. The zero-order chi connectivity index (χ0) is 15.6. The Morgan fingerprint density at radius 1 is 1.10 bits per heavy atom. The minimum atomic E-state index is -3.98. The number of hydrogen-bond acceptors (Lipinski definition) is 5. The van der Waals surface area contributed by atoms with Gasteiger partial charge >= 0.3 is 5.97 Å². The number of aromatic carboxylic acids is 1. The van der Waals surface area contributed by atoms with Crippen LogP contribution in [0.4, 0.5) is 11.4 Å². The predicted molar refractivity (Wildman–Crippen MR) is 76.7 cm³/mol. The van der Waals surface area contributed by atoms with E-state index in [1.165, 1.54) is 42.5 Å². The molecule has 0 aromatic heterocycles. The first-order valence-corrected chi connectivity index (χ1v) is 7.23. The third-order valence-corrected chi connectivity index (χ3v) is 4.16. The highest BCUT2D eigenvalue weighted by Crippen LogP contribution is 2.28. The van der Waals surface area contributed by atoms with E-state index < -0.39 is 16.0 Å². The summed E-state index contributed by atoms with van der Waals surface area (Å²) in [5, 5.41) is 18.2. The third-order valence-electron chi connectivity index (χ3n) is 2.72. The molecule has 0 saturated carbocycles. The zero-order valence-electron chi connectivity index (χ0n) is 10.6. The molecule has 2 aromatic rings. The van der Waals surface area contributed by atoms with Crippen molar-refractivity contribution in [1.82, 2.24) is 0 Å². The van der Waals surface area contributed by atoms with Crippen LogP contribution in [-0.2, 0) is 10.0 Å². The molecular formula is C13H12N2O5S. The quantitative estimate of drug-likeness (QED) is 0.500. The molecule has 2 rings (SSSR count). The van der Waals surface area contributed by atoms with Gasteiger partial charge in [0.2, 0.25) is 0 Å².